The summed E-state index contributed by atoms with van der Waals surface area (Å²) in [5.74, 6) is -0.124. The van der Waals surface area contributed by atoms with Crippen LogP contribution >= 0.6 is 0 Å². The van der Waals surface area contributed by atoms with Crippen molar-refractivity contribution in [3.05, 3.63) is 35.9 Å². The summed E-state index contributed by atoms with van der Waals surface area (Å²) >= 11 is 0. The average molecular weight is 440 g/mol. The molecule has 0 aliphatic carbocycles. The molecule has 0 radical (unpaired) electrons. The summed E-state index contributed by atoms with van der Waals surface area (Å²) < 4.78 is 33.6. The minimum atomic E-state index is -3.37. The van der Waals surface area contributed by atoms with Gasteiger partial charge in [0.2, 0.25) is 10.0 Å². The quantitative estimate of drug-likeness (QED) is 0.367. The summed E-state index contributed by atoms with van der Waals surface area (Å²) in [6.07, 6.45) is 4.64. The number of nitrogens with zero attached hydrogens (tertiary/aromatic N) is 1. The Balaban J connectivity index is 2.04. The number of sulfonamides is 1. The van der Waals surface area contributed by atoms with Gasteiger partial charge in [-0.1, -0.05) is 69.7 Å². The SMILES string of the molecule is CCCC[C@@H]1CCC(CC(=O)OCc2ccccc2)N1S(=O)(=O)CC[Si](C)(C)C. The lowest BCUT2D eigenvalue weighted by Gasteiger charge is -2.30. The molecule has 1 saturated heterocycles. The van der Waals surface area contributed by atoms with Crippen molar-refractivity contribution in [2.24, 2.45) is 0 Å². The van der Waals surface area contributed by atoms with Crippen LogP contribution in [0.5, 0.6) is 0 Å². The van der Waals surface area contributed by atoms with Crippen LogP contribution in [0.4, 0.5) is 0 Å². The molecule has 7 heteroatoms. The Hall–Kier alpha value is -1.18. The number of benzene rings is 1. The molecule has 164 valence electrons. The number of rotatable bonds is 11. The molecule has 1 aliphatic rings. The Labute approximate surface area is 177 Å². The van der Waals surface area contributed by atoms with Crippen LogP contribution < -0.4 is 0 Å². The van der Waals surface area contributed by atoms with Crippen LogP contribution in [0.25, 0.3) is 0 Å². The lowest BCUT2D eigenvalue weighted by Crippen LogP contribution is -2.44. The van der Waals surface area contributed by atoms with Crippen molar-refractivity contribution < 1.29 is 17.9 Å². The largest absolute Gasteiger partial charge is 0.461 e. The first-order chi connectivity index (χ1) is 13.6. The summed E-state index contributed by atoms with van der Waals surface area (Å²) in [7, 11) is -4.84. The third-order valence-corrected chi connectivity index (χ3v) is 9.59. The van der Waals surface area contributed by atoms with Gasteiger partial charge in [-0.3, -0.25) is 4.79 Å². The molecule has 1 aromatic rings. The highest BCUT2D eigenvalue weighted by atomic mass is 32.2. The van der Waals surface area contributed by atoms with Gasteiger partial charge in [-0.15, -0.1) is 0 Å². The fourth-order valence-corrected chi connectivity index (χ4v) is 8.82. The number of ether oxygens (including phenoxy) is 1. The van der Waals surface area contributed by atoms with E-state index in [1.54, 1.807) is 4.31 Å². The Kier molecular flexibility index (Phi) is 8.91. The maximum absolute atomic E-state index is 13.2. The van der Waals surface area contributed by atoms with Crippen LogP contribution in [0.2, 0.25) is 25.7 Å². The van der Waals surface area contributed by atoms with Crippen LogP contribution in [0, 0.1) is 0 Å². The number of hydrogen-bond acceptors (Lipinski definition) is 4. The molecule has 29 heavy (non-hydrogen) atoms. The van der Waals surface area contributed by atoms with Gasteiger partial charge in [0, 0.05) is 20.2 Å². The summed E-state index contributed by atoms with van der Waals surface area (Å²) in [5.41, 5.74) is 0.938. The zero-order valence-electron chi connectivity index (χ0n) is 18.4. The van der Waals surface area contributed by atoms with Crippen molar-refractivity contribution in [1.29, 1.82) is 0 Å². The summed E-state index contributed by atoms with van der Waals surface area (Å²) in [4.78, 5) is 12.4. The van der Waals surface area contributed by atoms with E-state index >= 15 is 0 Å². The number of esters is 1. The number of carbonyl (C=O) groups is 1. The van der Waals surface area contributed by atoms with Gasteiger partial charge >= 0.3 is 5.97 Å². The van der Waals surface area contributed by atoms with E-state index in [-0.39, 0.29) is 36.8 Å². The first kappa shape index (κ1) is 24.1. The summed E-state index contributed by atoms with van der Waals surface area (Å²) in [6.45, 7) is 8.93. The molecule has 1 fully saturated rings. The summed E-state index contributed by atoms with van der Waals surface area (Å²) in [6, 6.07) is 10.1. The molecule has 1 aliphatic heterocycles. The fourth-order valence-electron chi connectivity index (χ4n) is 3.82. The lowest BCUT2D eigenvalue weighted by atomic mass is 10.1. The molecule has 0 N–H and O–H groups in total. The van der Waals surface area contributed by atoms with E-state index in [4.69, 9.17) is 4.74 Å². The monoisotopic (exact) mass is 439 g/mol. The molecule has 2 atom stereocenters. The molecule has 0 amide bonds. The molecule has 0 aromatic heterocycles. The number of unbranched alkanes of at least 4 members (excludes halogenated alkanes) is 1. The lowest BCUT2D eigenvalue weighted by molar-refractivity contribution is -0.145. The Morgan fingerprint density at radius 2 is 1.79 bits per heavy atom. The Bertz CT molecular complexity index is 746. The van der Waals surface area contributed by atoms with E-state index < -0.39 is 18.1 Å². The van der Waals surface area contributed by atoms with E-state index in [0.29, 0.717) is 0 Å². The van der Waals surface area contributed by atoms with Gasteiger partial charge in [0.05, 0.1) is 12.2 Å². The van der Waals surface area contributed by atoms with Crippen molar-refractivity contribution in [2.75, 3.05) is 5.75 Å². The van der Waals surface area contributed by atoms with Gasteiger partial charge in [-0.05, 0) is 30.9 Å². The second-order valence-corrected chi connectivity index (χ2v) is 16.9. The van der Waals surface area contributed by atoms with E-state index in [2.05, 4.69) is 26.6 Å². The maximum atomic E-state index is 13.2. The highest BCUT2D eigenvalue weighted by Crippen LogP contribution is 2.33. The van der Waals surface area contributed by atoms with Crippen molar-refractivity contribution in [1.82, 2.24) is 4.31 Å². The van der Waals surface area contributed by atoms with Gasteiger partial charge in [-0.25, -0.2) is 8.42 Å². The molecule has 2 rings (SSSR count). The van der Waals surface area contributed by atoms with E-state index in [9.17, 15) is 13.2 Å². The topological polar surface area (TPSA) is 63.7 Å². The third kappa shape index (κ3) is 7.87. The minimum Gasteiger partial charge on any atom is -0.461 e. The van der Waals surface area contributed by atoms with Crippen molar-refractivity contribution in [2.45, 2.75) is 89.8 Å². The van der Waals surface area contributed by atoms with Gasteiger partial charge in [0.15, 0.2) is 0 Å². The molecule has 0 spiro atoms. The standard InChI is InChI=1S/C22H37NO4SSi/c1-5-6-12-20-13-14-21(23(20)28(25,26)15-16-29(2,3)4)17-22(24)27-18-19-10-8-7-9-11-19/h7-11,20-21H,5-6,12-18H2,1-4H3/t20-,21?/m1/s1. The average Bonchev–Trinajstić information content (AvgIpc) is 3.07. The first-order valence-corrected chi connectivity index (χ1v) is 16.1. The molecule has 1 aromatic carbocycles. The maximum Gasteiger partial charge on any atom is 0.307 e. The predicted octanol–water partition coefficient (Wildman–Crippen LogP) is 4.81. The highest BCUT2D eigenvalue weighted by molar-refractivity contribution is 7.89. The van der Waals surface area contributed by atoms with Crippen LogP contribution in [-0.2, 0) is 26.2 Å². The Morgan fingerprint density at radius 1 is 1.14 bits per heavy atom. The smallest absolute Gasteiger partial charge is 0.307 e. The second-order valence-electron chi connectivity index (χ2n) is 9.33. The number of hydrogen-bond donors (Lipinski definition) is 0. The van der Waals surface area contributed by atoms with Crippen LogP contribution in [0.1, 0.15) is 51.0 Å². The third-order valence-electron chi connectivity index (χ3n) is 5.52. The van der Waals surface area contributed by atoms with Crippen molar-refractivity contribution >= 4 is 24.1 Å². The molecule has 1 unspecified atom stereocenters. The van der Waals surface area contributed by atoms with Crippen molar-refractivity contribution in [3.63, 3.8) is 0 Å². The molecule has 1 heterocycles. The predicted molar refractivity (Wildman–Crippen MR) is 121 cm³/mol. The van der Waals surface area contributed by atoms with Crippen LogP contribution in [0.3, 0.4) is 0 Å². The highest BCUT2D eigenvalue weighted by Gasteiger charge is 2.42. The van der Waals surface area contributed by atoms with Crippen LogP contribution in [0.15, 0.2) is 30.3 Å². The second kappa shape index (κ2) is 10.7. The van der Waals surface area contributed by atoms with Gasteiger partial charge in [0.1, 0.15) is 6.61 Å². The molecular weight excluding hydrogens is 402 g/mol. The van der Waals surface area contributed by atoms with E-state index in [1.165, 1.54) is 0 Å². The van der Waals surface area contributed by atoms with Gasteiger partial charge < -0.3 is 4.74 Å². The summed E-state index contributed by atoms with van der Waals surface area (Å²) in [5, 5.41) is 0. The molecular formula is C22H37NO4SSi. The van der Waals surface area contributed by atoms with Gasteiger partial charge in [0.25, 0.3) is 0 Å². The first-order valence-electron chi connectivity index (χ1n) is 10.8. The normalized spacial score (nSPS) is 20.7. The number of carbonyl (C=O) groups excluding carboxylic acids is 1. The van der Waals surface area contributed by atoms with E-state index in [1.807, 2.05) is 30.3 Å². The van der Waals surface area contributed by atoms with E-state index in [0.717, 1.165) is 43.7 Å². The molecule has 5 nitrogen and oxygen atoms in total. The minimum absolute atomic E-state index is 0.0218. The zero-order valence-corrected chi connectivity index (χ0v) is 20.2. The van der Waals surface area contributed by atoms with Crippen LogP contribution in [-0.4, -0.2) is 44.6 Å². The zero-order chi connectivity index (χ0) is 21.5. The fraction of sp³-hybridized carbons (Fsp3) is 0.682. The van der Waals surface area contributed by atoms with Crippen molar-refractivity contribution in [3.8, 4) is 0 Å². The molecule has 0 bridgehead atoms. The molecule has 0 saturated carbocycles. The van der Waals surface area contributed by atoms with Gasteiger partial charge in [-0.2, -0.15) is 4.31 Å². The Morgan fingerprint density at radius 3 is 2.41 bits per heavy atom.